The van der Waals surface area contributed by atoms with E-state index in [1.165, 1.54) is 0 Å². The Morgan fingerprint density at radius 1 is 0.926 bits per heavy atom. The number of carbonyl (C=O) groups excluding carboxylic acids is 1. The molecular weight excluding hydrogens is 353 g/mol. The summed E-state index contributed by atoms with van der Waals surface area (Å²) in [6, 6.07) is 18.8. The summed E-state index contributed by atoms with van der Waals surface area (Å²) >= 11 is 0. The zero-order valence-corrected chi connectivity index (χ0v) is 16.9. The van der Waals surface area contributed by atoms with Crippen LogP contribution in [0.3, 0.4) is 0 Å². The number of nitrogens with zero attached hydrogens (tertiary/aromatic N) is 1. The molecule has 3 rings (SSSR count). The molecule has 0 aliphatic rings. The molecule has 0 fully saturated rings. The lowest BCUT2D eigenvalue weighted by Crippen LogP contribution is -2.19. The first-order chi connectivity index (χ1) is 12.9. The van der Waals surface area contributed by atoms with Gasteiger partial charge in [0.2, 0.25) is 5.52 Å². The van der Waals surface area contributed by atoms with E-state index in [2.05, 4.69) is 4.98 Å². The average molecular weight is 377 g/mol. The van der Waals surface area contributed by atoms with Crippen LogP contribution in [0, 0.1) is 20.8 Å². The van der Waals surface area contributed by atoms with E-state index >= 15 is 0 Å². The quantitative estimate of drug-likeness (QED) is 0.563. The summed E-state index contributed by atoms with van der Waals surface area (Å²) < 4.78 is 14.1. The molecule has 138 valence electrons. The Morgan fingerprint density at radius 2 is 1.56 bits per heavy atom. The van der Waals surface area contributed by atoms with E-state index in [0.717, 1.165) is 22.4 Å². The van der Waals surface area contributed by atoms with Gasteiger partial charge in [-0.15, -0.1) is 0 Å². The predicted octanol–water partition coefficient (Wildman–Crippen LogP) is 5.08. The highest BCUT2D eigenvalue weighted by Crippen LogP contribution is 2.49. The SMILES string of the molecule is Cc1cc(C)c(C(=O)P(=O)(CCc2ccccn2)c2ccccc2)c(C)c1. The van der Waals surface area contributed by atoms with Crippen LogP contribution >= 0.6 is 7.14 Å². The lowest BCUT2D eigenvalue weighted by molar-refractivity contribution is 0.107. The second-order valence-electron chi connectivity index (χ2n) is 6.95. The van der Waals surface area contributed by atoms with Gasteiger partial charge in [0.1, 0.15) is 0 Å². The van der Waals surface area contributed by atoms with Crippen molar-refractivity contribution in [3.8, 4) is 0 Å². The molecule has 0 aliphatic heterocycles. The minimum Gasteiger partial charge on any atom is -0.310 e. The molecule has 0 N–H and O–H groups in total. The van der Waals surface area contributed by atoms with Gasteiger partial charge >= 0.3 is 0 Å². The molecule has 4 heteroatoms. The van der Waals surface area contributed by atoms with Crippen LogP contribution in [0.2, 0.25) is 0 Å². The Bertz CT molecular complexity index is 974. The van der Waals surface area contributed by atoms with Crippen LogP contribution in [0.1, 0.15) is 32.7 Å². The molecule has 0 saturated heterocycles. The second kappa shape index (κ2) is 8.02. The van der Waals surface area contributed by atoms with Crippen LogP contribution in [-0.2, 0) is 11.0 Å². The van der Waals surface area contributed by atoms with E-state index in [1.54, 1.807) is 18.3 Å². The molecule has 0 bridgehead atoms. The molecule has 3 nitrogen and oxygen atoms in total. The molecular formula is C23H24NO2P. The third-order valence-corrected chi connectivity index (χ3v) is 7.67. The highest BCUT2D eigenvalue weighted by Gasteiger charge is 2.35. The van der Waals surface area contributed by atoms with Gasteiger partial charge in [-0.2, -0.15) is 0 Å². The Balaban J connectivity index is 2.05. The maximum Gasteiger partial charge on any atom is 0.226 e. The smallest absolute Gasteiger partial charge is 0.226 e. The van der Waals surface area contributed by atoms with Crippen molar-refractivity contribution in [3.63, 3.8) is 0 Å². The monoisotopic (exact) mass is 377 g/mol. The van der Waals surface area contributed by atoms with Gasteiger partial charge in [-0.1, -0.05) is 54.1 Å². The van der Waals surface area contributed by atoms with Gasteiger partial charge < -0.3 is 4.57 Å². The molecule has 1 aromatic heterocycles. The van der Waals surface area contributed by atoms with Crippen LogP contribution in [0.15, 0.2) is 66.9 Å². The maximum atomic E-state index is 14.1. The first kappa shape index (κ1) is 19.3. The number of rotatable bonds is 6. The van der Waals surface area contributed by atoms with Crippen LogP contribution < -0.4 is 5.30 Å². The van der Waals surface area contributed by atoms with Crippen molar-refractivity contribution in [2.24, 2.45) is 0 Å². The Labute approximate surface area is 160 Å². The normalized spacial score (nSPS) is 13.1. The van der Waals surface area contributed by atoms with Gasteiger partial charge in [-0.05, 0) is 50.5 Å². The van der Waals surface area contributed by atoms with Gasteiger partial charge in [0.15, 0.2) is 7.14 Å². The first-order valence-electron chi connectivity index (χ1n) is 9.09. The number of hydrogen-bond donors (Lipinski definition) is 0. The van der Waals surface area contributed by atoms with Gasteiger partial charge in [0.05, 0.1) is 0 Å². The molecule has 0 spiro atoms. The summed E-state index contributed by atoms with van der Waals surface area (Å²) in [6.45, 7) is 5.84. The molecule has 1 atom stereocenters. The van der Waals surface area contributed by atoms with Crippen molar-refractivity contribution in [2.45, 2.75) is 27.2 Å². The van der Waals surface area contributed by atoms with E-state index in [9.17, 15) is 9.36 Å². The molecule has 1 unspecified atom stereocenters. The van der Waals surface area contributed by atoms with Gasteiger partial charge in [0.25, 0.3) is 0 Å². The molecule has 1 heterocycles. The fourth-order valence-corrected chi connectivity index (χ4v) is 6.14. The summed E-state index contributed by atoms with van der Waals surface area (Å²) in [5.41, 5.74) is 4.05. The van der Waals surface area contributed by atoms with Crippen LogP contribution in [-0.4, -0.2) is 16.7 Å². The van der Waals surface area contributed by atoms with Crippen molar-refractivity contribution in [2.75, 3.05) is 6.16 Å². The standard InChI is InChI=1S/C23H24NO2P/c1-17-15-18(2)22(19(3)16-17)23(25)27(26,21-10-5-4-6-11-21)14-12-20-9-7-8-13-24-20/h4-11,13,15-16H,12,14H2,1-3H3. The van der Waals surface area contributed by atoms with Gasteiger partial charge in [-0.3, -0.25) is 9.78 Å². The number of hydrogen-bond acceptors (Lipinski definition) is 3. The zero-order chi connectivity index (χ0) is 19.4. The minimum atomic E-state index is -3.30. The maximum absolute atomic E-state index is 14.1. The molecule has 0 amide bonds. The fraction of sp³-hybridized carbons (Fsp3) is 0.217. The molecule has 3 aromatic rings. The van der Waals surface area contributed by atoms with Crippen molar-refractivity contribution >= 4 is 18.0 Å². The number of aryl methyl sites for hydroxylation is 4. The zero-order valence-electron chi connectivity index (χ0n) is 16.0. The molecule has 0 aliphatic carbocycles. The topological polar surface area (TPSA) is 47.0 Å². The predicted molar refractivity (Wildman–Crippen MR) is 111 cm³/mol. The number of carbonyl (C=O) groups is 1. The molecule has 2 aromatic carbocycles. The number of pyridine rings is 1. The third kappa shape index (κ3) is 4.09. The fourth-order valence-electron chi connectivity index (χ4n) is 3.53. The molecule has 0 radical (unpaired) electrons. The summed E-state index contributed by atoms with van der Waals surface area (Å²) in [5.74, 6) is 0. The van der Waals surface area contributed by atoms with Crippen molar-refractivity contribution in [1.29, 1.82) is 0 Å². The van der Waals surface area contributed by atoms with E-state index in [1.807, 2.05) is 69.3 Å². The number of aromatic nitrogens is 1. The third-order valence-electron chi connectivity index (χ3n) is 4.80. The largest absolute Gasteiger partial charge is 0.310 e. The van der Waals surface area contributed by atoms with Gasteiger partial charge in [-0.25, -0.2) is 0 Å². The Kier molecular flexibility index (Phi) is 5.72. The molecule has 27 heavy (non-hydrogen) atoms. The van der Waals surface area contributed by atoms with E-state index in [-0.39, 0.29) is 11.7 Å². The number of benzene rings is 2. The molecule has 0 saturated carbocycles. The lowest BCUT2D eigenvalue weighted by Gasteiger charge is -2.20. The highest BCUT2D eigenvalue weighted by atomic mass is 31.2. The van der Waals surface area contributed by atoms with Crippen molar-refractivity contribution in [1.82, 2.24) is 4.98 Å². The Hall–Kier alpha value is -2.51. The highest BCUT2D eigenvalue weighted by molar-refractivity contribution is 7.87. The minimum absolute atomic E-state index is 0.250. The van der Waals surface area contributed by atoms with E-state index in [0.29, 0.717) is 17.3 Å². The summed E-state index contributed by atoms with van der Waals surface area (Å²) in [7, 11) is -3.30. The van der Waals surface area contributed by atoms with Gasteiger partial charge in [0, 0.05) is 28.9 Å². The second-order valence-corrected chi connectivity index (χ2v) is 9.80. The van der Waals surface area contributed by atoms with E-state index in [4.69, 9.17) is 0 Å². The van der Waals surface area contributed by atoms with Crippen LogP contribution in [0.25, 0.3) is 0 Å². The van der Waals surface area contributed by atoms with Crippen LogP contribution in [0.5, 0.6) is 0 Å². The van der Waals surface area contributed by atoms with Crippen LogP contribution in [0.4, 0.5) is 0 Å². The summed E-state index contributed by atoms with van der Waals surface area (Å²) in [4.78, 5) is 17.9. The van der Waals surface area contributed by atoms with Crippen molar-refractivity contribution < 1.29 is 9.36 Å². The van der Waals surface area contributed by atoms with E-state index < -0.39 is 7.14 Å². The average Bonchev–Trinajstić information content (AvgIpc) is 2.66. The lowest BCUT2D eigenvalue weighted by atomic mass is 10.0. The first-order valence-corrected chi connectivity index (χ1v) is 11.0. The van der Waals surface area contributed by atoms with Crippen molar-refractivity contribution in [3.05, 3.63) is 94.8 Å². The Morgan fingerprint density at radius 3 is 2.15 bits per heavy atom. The summed E-state index contributed by atoms with van der Waals surface area (Å²) in [5, 5.41) is 0.616. The summed E-state index contributed by atoms with van der Waals surface area (Å²) in [6.07, 6.45) is 2.50.